The molecule has 0 aromatic rings. The Balaban J connectivity index is 3.28. The van der Waals surface area contributed by atoms with Gasteiger partial charge in [-0.25, -0.2) is 4.79 Å². The van der Waals surface area contributed by atoms with Gasteiger partial charge >= 0.3 is 6.09 Å². The summed E-state index contributed by atoms with van der Waals surface area (Å²) in [4.78, 5) is 20.0. The molecule has 3 N–H and O–H groups in total. The minimum absolute atomic E-state index is 0.189. The van der Waals surface area contributed by atoms with E-state index in [1.165, 1.54) is 7.05 Å². The molecule has 0 aromatic carbocycles. The number of carbonyl (C=O) groups excluding carboxylic acids is 1. The fourth-order valence-electron chi connectivity index (χ4n) is 0.244. The third-order valence-electron chi connectivity index (χ3n) is 0.679. The summed E-state index contributed by atoms with van der Waals surface area (Å²) in [7, 11) is 1.44. The molecule has 0 aromatic heterocycles. The summed E-state index contributed by atoms with van der Waals surface area (Å²) in [6.45, 7) is -0.189. The first-order valence-electron chi connectivity index (χ1n) is 2.34. The third-order valence-corrected chi connectivity index (χ3v) is 0.679. The van der Waals surface area contributed by atoms with Crippen LogP contribution in [0.3, 0.4) is 0 Å². The molecule has 9 heavy (non-hydrogen) atoms. The van der Waals surface area contributed by atoms with E-state index in [0.717, 1.165) is 0 Å². The lowest BCUT2D eigenvalue weighted by atomic mass is 10.6. The molecule has 0 rings (SSSR count). The Kier molecular flexibility index (Phi) is 3.19. The second-order valence-electron chi connectivity index (χ2n) is 1.33. The summed E-state index contributed by atoms with van der Waals surface area (Å²) >= 11 is 0. The Morgan fingerprint density at radius 2 is 2.11 bits per heavy atom. The molecule has 0 bridgehead atoms. The first-order valence-corrected chi connectivity index (χ1v) is 2.34. The second-order valence-corrected chi connectivity index (χ2v) is 1.33. The maximum atomic E-state index is 10.3. The topological polar surface area (TPSA) is 78.4 Å². The number of nitrogens with one attached hydrogen (secondary N) is 2. The first-order chi connectivity index (χ1) is 4.16. The quantitative estimate of drug-likeness (QED) is 0.451. The smallest absolute Gasteiger partial charge is 0.405 e. The van der Waals surface area contributed by atoms with E-state index in [2.05, 4.69) is 5.32 Å². The zero-order valence-electron chi connectivity index (χ0n) is 4.97. The van der Waals surface area contributed by atoms with Crippen molar-refractivity contribution in [2.24, 2.45) is 0 Å². The van der Waals surface area contributed by atoms with Gasteiger partial charge in [0.2, 0.25) is 5.91 Å². The predicted octanol–water partition coefficient (Wildman–Crippen LogP) is -1.000. The minimum atomic E-state index is -1.20. The van der Waals surface area contributed by atoms with E-state index < -0.39 is 6.09 Å². The van der Waals surface area contributed by atoms with E-state index in [1.807, 2.05) is 5.32 Å². The molecule has 0 atom stereocenters. The highest BCUT2D eigenvalue weighted by Gasteiger charge is 1.98. The Morgan fingerprint density at radius 3 is 2.44 bits per heavy atom. The summed E-state index contributed by atoms with van der Waals surface area (Å²) in [5.74, 6) is -0.350. The van der Waals surface area contributed by atoms with Crippen molar-refractivity contribution in [1.82, 2.24) is 10.6 Å². The highest BCUT2D eigenvalue weighted by atomic mass is 16.4. The maximum Gasteiger partial charge on any atom is 0.405 e. The molecule has 0 radical (unpaired) electrons. The number of likely N-dealkylation sites (N-methyl/N-ethyl adjacent to an activating group) is 1. The highest BCUT2D eigenvalue weighted by molar-refractivity contribution is 5.81. The van der Waals surface area contributed by atoms with Gasteiger partial charge < -0.3 is 15.7 Å². The molecule has 5 nitrogen and oxygen atoms in total. The van der Waals surface area contributed by atoms with Crippen molar-refractivity contribution in [3.8, 4) is 0 Å². The molecule has 52 valence electrons. The SMILES string of the molecule is CNC(=O)CNC(=O)O. The van der Waals surface area contributed by atoms with Gasteiger partial charge in [-0.2, -0.15) is 0 Å². The molecule has 0 saturated heterocycles. The van der Waals surface area contributed by atoms with Crippen LogP contribution in [0.1, 0.15) is 0 Å². The Hall–Kier alpha value is -1.26. The standard InChI is InChI=1S/C4H8N2O3/c1-5-3(7)2-6-4(8)9/h6H,2H2,1H3,(H,5,7)(H,8,9). The zero-order chi connectivity index (χ0) is 7.28. The van der Waals surface area contributed by atoms with Crippen LogP contribution in [0, 0.1) is 0 Å². The number of carbonyl (C=O) groups is 2. The van der Waals surface area contributed by atoms with Crippen molar-refractivity contribution >= 4 is 12.0 Å². The number of hydrogen-bond acceptors (Lipinski definition) is 2. The third kappa shape index (κ3) is 4.60. The van der Waals surface area contributed by atoms with Crippen molar-refractivity contribution in [2.45, 2.75) is 0 Å². The largest absolute Gasteiger partial charge is 0.465 e. The summed E-state index contributed by atoms with van der Waals surface area (Å²) in [6.07, 6.45) is -1.20. The average molecular weight is 132 g/mol. The summed E-state index contributed by atoms with van der Waals surface area (Å²) in [5, 5.41) is 12.1. The molecule has 0 aliphatic heterocycles. The van der Waals surface area contributed by atoms with E-state index in [0.29, 0.717) is 0 Å². The van der Waals surface area contributed by atoms with Gasteiger partial charge in [0, 0.05) is 7.05 Å². The lowest BCUT2D eigenvalue weighted by molar-refractivity contribution is -0.119. The molecule has 0 aliphatic rings. The van der Waals surface area contributed by atoms with Gasteiger partial charge in [0.05, 0.1) is 6.54 Å². The van der Waals surface area contributed by atoms with E-state index in [1.54, 1.807) is 0 Å². The van der Waals surface area contributed by atoms with E-state index in [4.69, 9.17) is 5.11 Å². The van der Waals surface area contributed by atoms with Crippen LogP contribution in [0.2, 0.25) is 0 Å². The second kappa shape index (κ2) is 3.71. The number of carboxylic acid groups (broad SMARTS) is 1. The van der Waals surface area contributed by atoms with Crippen LogP contribution < -0.4 is 10.6 Å². The van der Waals surface area contributed by atoms with Gasteiger partial charge in [-0.15, -0.1) is 0 Å². The monoisotopic (exact) mass is 132 g/mol. The Bertz CT molecular complexity index is 123. The predicted molar refractivity (Wildman–Crippen MR) is 30.1 cm³/mol. The molecular formula is C4H8N2O3. The lowest BCUT2D eigenvalue weighted by Gasteiger charge is -1.96. The van der Waals surface area contributed by atoms with E-state index in [-0.39, 0.29) is 12.5 Å². The molecule has 0 aliphatic carbocycles. The van der Waals surface area contributed by atoms with Gasteiger partial charge in [-0.05, 0) is 0 Å². The molecule has 0 heterocycles. The van der Waals surface area contributed by atoms with Crippen molar-refractivity contribution in [3.63, 3.8) is 0 Å². The number of hydrogen-bond donors (Lipinski definition) is 3. The molecule has 5 heteroatoms. The number of rotatable bonds is 2. The van der Waals surface area contributed by atoms with Crippen LogP contribution in [0.25, 0.3) is 0 Å². The molecule has 2 amide bonds. The molecule has 0 spiro atoms. The molecular weight excluding hydrogens is 124 g/mol. The van der Waals surface area contributed by atoms with E-state index >= 15 is 0 Å². The maximum absolute atomic E-state index is 10.3. The fraction of sp³-hybridized carbons (Fsp3) is 0.500. The minimum Gasteiger partial charge on any atom is -0.465 e. The van der Waals surface area contributed by atoms with Crippen LogP contribution in [-0.4, -0.2) is 30.7 Å². The number of amides is 2. The summed E-state index contributed by atoms with van der Waals surface area (Å²) < 4.78 is 0. The molecule has 0 fully saturated rings. The van der Waals surface area contributed by atoms with Crippen LogP contribution in [-0.2, 0) is 4.79 Å². The van der Waals surface area contributed by atoms with Crippen molar-refractivity contribution in [1.29, 1.82) is 0 Å². The van der Waals surface area contributed by atoms with Crippen LogP contribution >= 0.6 is 0 Å². The fourth-order valence-corrected chi connectivity index (χ4v) is 0.244. The van der Waals surface area contributed by atoms with Crippen LogP contribution in [0.4, 0.5) is 4.79 Å². The highest BCUT2D eigenvalue weighted by Crippen LogP contribution is 1.61. The first kappa shape index (κ1) is 7.74. The van der Waals surface area contributed by atoms with Gasteiger partial charge in [-0.1, -0.05) is 0 Å². The summed E-state index contributed by atoms with van der Waals surface area (Å²) in [5.41, 5.74) is 0. The Morgan fingerprint density at radius 1 is 1.56 bits per heavy atom. The van der Waals surface area contributed by atoms with Crippen molar-refractivity contribution in [3.05, 3.63) is 0 Å². The molecule has 0 saturated carbocycles. The Labute approximate surface area is 52.1 Å². The van der Waals surface area contributed by atoms with Crippen LogP contribution in [0.5, 0.6) is 0 Å². The molecule has 0 unspecified atom stereocenters. The van der Waals surface area contributed by atoms with Crippen molar-refractivity contribution < 1.29 is 14.7 Å². The lowest BCUT2D eigenvalue weighted by Crippen LogP contribution is -2.34. The van der Waals surface area contributed by atoms with Gasteiger partial charge in [0.15, 0.2) is 0 Å². The van der Waals surface area contributed by atoms with Gasteiger partial charge in [0.25, 0.3) is 0 Å². The van der Waals surface area contributed by atoms with Crippen LogP contribution in [0.15, 0.2) is 0 Å². The van der Waals surface area contributed by atoms with Gasteiger partial charge in [-0.3, -0.25) is 4.79 Å². The van der Waals surface area contributed by atoms with E-state index in [9.17, 15) is 9.59 Å². The summed E-state index contributed by atoms with van der Waals surface area (Å²) in [6, 6.07) is 0. The normalized spacial score (nSPS) is 8.11. The zero-order valence-corrected chi connectivity index (χ0v) is 4.97. The van der Waals surface area contributed by atoms with Crippen molar-refractivity contribution in [2.75, 3.05) is 13.6 Å². The average Bonchev–Trinajstić information content (AvgIpc) is 1.83. The van der Waals surface area contributed by atoms with Gasteiger partial charge in [0.1, 0.15) is 0 Å².